The molecule has 2 amide bonds. The summed E-state index contributed by atoms with van der Waals surface area (Å²) in [7, 11) is 1.64. The van der Waals surface area contributed by atoms with Crippen molar-refractivity contribution in [2.24, 2.45) is 0 Å². The van der Waals surface area contributed by atoms with Gasteiger partial charge in [-0.05, 0) is 43.2 Å². The summed E-state index contributed by atoms with van der Waals surface area (Å²) < 4.78 is 18.5. The lowest BCUT2D eigenvalue weighted by molar-refractivity contribution is 0.186. The van der Waals surface area contributed by atoms with E-state index in [-0.39, 0.29) is 12.1 Å². The number of carbonyl (C=O) groups excluding carboxylic acids is 1. The van der Waals surface area contributed by atoms with Crippen molar-refractivity contribution in [1.82, 2.24) is 15.2 Å². The first-order valence-electron chi connectivity index (χ1n) is 9.11. The summed E-state index contributed by atoms with van der Waals surface area (Å²) in [6.07, 6.45) is 0.762. The molecule has 0 radical (unpaired) electrons. The van der Waals surface area contributed by atoms with Crippen molar-refractivity contribution in [1.29, 1.82) is 0 Å². The molecule has 0 bridgehead atoms. The molecule has 7 heteroatoms. The van der Waals surface area contributed by atoms with Crippen LogP contribution >= 0.6 is 0 Å². The van der Waals surface area contributed by atoms with Crippen LogP contribution in [0.4, 0.5) is 15.0 Å². The van der Waals surface area contributed by atoms with Crippen LogP contribution in [0.3, 0.4) is 0 Å². The minimum atomic E-state index is -0.488. The number of carbonyl (C=O) groups is 1. The number of methoxy groups -OCH3 is 1. The number of amides is 2. The number of anilines is 1. The summed E-state index contributed by atoms with van der Waals surface area (Å²) in [4.78, 5) is 20.2. The number of hydrogen-bond donors (Lipinski definition) is 1. The molecule has 0 aliphatic carbocycles. The molecule has 0 spiro atoms. The van der Waals surface area contributed by atoms with E-state index in [2.05, 4.69) is 10.3 Å². The molecule has 27 heavy (non-hydrogen) atoms. The summed E-state index contributed by atoms with van der Waals surface area (Å²) in [5.74, 6) is 0.947. The maximum Gasteiger partial charge on any atom is 0.317 e. The number of urea groups is 1. The van der Waals surface area contributed by atoms with Gasteiger partial charge in [-0.3, -0.25) is 0 Å². The molecule has 1 aromatic carbocycles. The molecule has 1 aromatic heterocycles. The van der Waals surface area contributed by atoms with Gasteiger partial charge in [0.05, 0.1) is 7.11 Å². The van der Waals surface area contributed by atoms with Gasteiger partial charge in [0.1, 0.15) is 11.6 Å². The summed E-state index contributed by atoms with van der Waals surface area (Å²) in [6, 6.07) is 12.6. The standard InChI is InChI=1S/C20H25FN4O2/c1-15-14-24(12-13-25(15)19-5-3-4-18(21)23-19)20(26)22-11-10-16-6-8-17(27-2)9-7-16/h3-9,15H,10-14H2,1-2H3,(H,22,26). The molecule has 144 valence electrons. The molecule has 2 heterocycles. The van der Waals surface area contributed by atoms with Crippen LogP contribution in [0.15, 0.2) is 42.5 Å². The number of nitrogens with zero attached hydrogens (tertiary/aromatic N) is 3. The Bertz CT molecular complexity index is 769. The largest absolute Gasteiger partial charge is 0.497 e. The van der Waals surface area contributed by atoms with E-state index in [1.165, 1.54) is 6.07 Å². The Morgan fingerprint density at radius 1 is 1.26 bits per heavy atom. The zero-order chi connectivity index (χ0) is 19.2. The third kappa shape index (κ3) is 4.87. The maximum atomic E-state index is 13.4. The van der Waals surface area contributed by atoms with E-state index in [0.717, 1.165) is 17.7 Å². The highest BCUT2D eigenvalue weighted by molar-refractivity contribution is 5.74. The first-order chi connectivity index (χ1) is 13.1. The third-order valence-electron chi connectivity index (χ3n) is 4.76. The molecule has 1 N–H and O–H groups in total. The topological polar surface area (TPSA) is 57.7 Å². The van der Waals surface area contributed by atoms with Crippen LogP contribution in [-0.4, -0.2) is 55.2 Å². The Hall–Kier alpha value is -2.83. The van der Waals surface area contributed by atoms with E-state index in [4.69, 9.17) is 4.74 Å². The smallest absolute Gasteiger partial charge is 0.317 e. The van der Waals surface area contributed by atoms with Crippen molar-refractivity contribution >= 4 is 11.8 Å². The summed E-state index contributed by atoms with van der Waals surface area (Å²) in [6.45, 7) is 4.38. The van der Waals surface area contributed by atoms with Gasteiger partial charge in [0.15, 0.2) is 0 Å². The van der Waals surface area contributed by atoms with Gasteiger partial charge in [0.2, 0.25) is 5.95 Å². The van der Waals surface area contributed by atoms with Crippen molar-refractivity contribution in [3.8, 4) is 5.75 Å². The van der Waals surface area contributed by atoms with Crippen LogP contribution < -0.4 is 15.0 Å². The van der Waals surface area contributed by atoms with E-state index in [0.29, 0.717) is 32.0 Å². The second kappa shape index (κ2) is 8.70. The first-order valence-corrected chi connectivity index (χ1v) is 9.11. The number of benzene rings is 1. The van der Waals surface area contributed by atoms with Crippen LogP contribution in [-0.2, 0) is 6.42 Å². The predicted octanol–water partition coefficient (Wildman–Crippen LogP) is 2.69. The SMILES string of the molecule is COc1ccc(CCNC(=O)N2CCN(c3cccc(F)n3)C(C)C2)cc1. The molecule has 6 nitrogen and oxygen atoms in total. The lowest BCUT2D eigenvalue weighted by atomic mass is 10.1. The third-order valence-corrected chi connectivity index (χ3v) is 4.76. The molecule has 1 fully saturated rings. The van der Waals surface area contributed by atoms with Crippen molar-refractivity contribution in [3.05, 3.63) is 54.0 Å². The summed E-state index contributed by atoms with van der Waals surface area (Å²) in [5, 5.41) is 2.98. The van der Waals surface area contributed by atoms with E-state index >= 15 is 0 Å². The fraction of sp³-hybridized carbons (Fsp3) is 0.400. The van der Waals surface area contributed by atoms with Crippen LogP contribution in [0, 0.1) is 5.95 Å². The van der Waals surface area contributed by atoms with Crippen LogP contribution in [0.1, 0.15) is 12.5 Å². The number of pyridine rings is 1. The summed E-state index contributed by atoms with van der Waals surface area (Å²) >= 11 is 0. The normalized spacial score (nSPS) is 16.9. The fourth-order valence-corrected chi connectivity index (χ4v) is 3.26. The Morgan fingerprint density at radius 2 is 2.04 bits per heavy atom. The number of halogens is 1. The molecule has 2 aromatic rings. The van der Waals surface area contributed by atoms with Crippen molar-refractivity contribution in [2.75, 3.05) is 38.2 Å². The number of aromatic nitrogens is 1. The van der Waals surface area contributed by atoms with Gasteiger partial charge in [-0.25, -0.2) is 9.78 Å². The molecule has 1 saturated heterocycles. The Balaban J connectivity index is 1.47. The first kappa shape index (κ1) is 18.9. The minimum Gasteiger partial charge on any atom is -0.497 e. The minimum absolute atomic E-state index is 0.0674. The quantitative estimate of drug-likeness (QED) is 0.820. The van der Waals surface area contributed by atoms with E-state index in [9.17, 15) is 9.18 Å². The number of nitrogens with one attached hydrogen (secondary N) is 1. The molecule has 1 aliphatic heterocycles. The number of ether oxygens (including phenoxy) is 1. The van der Waals surface area contributed by atoms with E-state index in [1.54, 1.807) is 24.1 Å². The Morgan fingerprint density at radius 3 is 2.70 bits per heavy atom. The van der Waals surface area contributed by atoms with Gasteiger partial charge < -0.3 is 19.9 Å². The molecule has 1 atom stereocenters. The van der Waals surface area contributed by atoms with Gasteiger partial charge in [0.25, 0.3) is 0 Å². The van der Waals surface area contributed by atoms with E-state index in [1.807, 2.05) is 36.1 Å². The highest BCUT2D eigenvalue weighted by Crippen LogP contribution is 2.18. The molecule has 1 unspecified atom stereocenters. The van der Waals surface area contributed by atoms with Gasteiger partial charge in [-0.2, -0.15) is 4.39 Å². The average Bonchev–Trinajstić information content (AvgIpc) is 2.68. The average molecular weight is 372 g/mol. The van der Waals surface area contributed by atoms with Crippen molar-refractivity contribution in [3.63, 3.8) is 0 Å². The fourth-order valence-electron chi connectivity index (χ4n) is 3.26. The molecular weight excluding hydrogens is 347 g/mol. The van der Waals surface area contributed by atoms with Gasteiger partial charge >= 0.3 is 6.03 Å². The monoisotopic (exact) mass is 372 g/mol. The van der Waals surface area contributed by atoms with Crippen molar-refractivity contribution in [2.45, 2.75) is 19.4 Å². The lowest BCUT2D eigenvalue weighted by Gasteiger charge is -2.40. The zero-order valence-electron chi connectivity index (χ0n) is 15.7. The van der Waals surface area contributed by atoms with Gasteiger partial charge in [-0.1, -0.05) is 18.2 Å². The van der Waals surface area contributed by atoms with Crippen LogP contribution in [0.25, 0.3) is 0 Å². The predicted molar refractivity (Wildman–Crippen MR) is 103 cm³/mol. The number of piperazine rings is 1. The Labute approximate surface area is 158 Å². The number of rotatable bonds is 5. The van der Waals surface area contributed by atoms with Gasteiger partial charge in [0, 0.05) is 32.2 Å². The van der Waals surface area contributed by atoms with Crippen LogP contribution in [0.5, 0.6) is 5.75 Å². The second-order valence-corrected chi connectivity index (χ2v) is 6.64. The molecular formula is C20H25FN4O2. The van der Waals surface area contributed by atoms with E-state index < -0.39 is 5.95 Å². The Kier molecular flexibility index (Phi) is 6.11. The zero-order valence-corrected chi connectivity index (χ0v) is 15.7. The summed E-state index contributed by atoms with van der Waals surface area (Å²) in [5.41, 5.74) is 1.14. The molecule has 1 aliphatic rings. The highest BCUT2D eigenvalue weighted by Gasteiger charge is 2.27. The van der Waals surface area contributed by atoms with Crippen molar-refractivity contribution < 1.29 is 13.9 Å². The maximum absolute atomic E-state index is 13.4. The lowest BCUT2D eigenvalue weighted by Crippen LogP contribution is -2.56. The highest BCUT2D eigenvalue weighted by atomic mass is 19.1. The second-order valence-electron chi connectivity index (χ2n) is 6.64. The van der Waals surface area contributed by atoms with Gasteiger partial charge in [-0.15, -0.1) is 0 Å². The molecule has 0 saturated carbocycles. The number of hydrogen-bond acceptors (Lipinski definition) is 4. The van der Waals surface area contributed by atoms with Crippen LogP contribution in [0.2, 0.25) is 0 Å². The molecule has 3 rings (SSSR count).